The number of nitrogens with zero attached hydrogens (tertiary/aromatic N) is 8. The van der Waals surface area contributed by atoms with Crippen LogP contribution in [0.5, 0.6) is 0 Å². The fourth-order valence-corrected chi connectivity index (χ4v) is 10.5. The Kier molecular flexibility index (Phi) is 14.0. The Hall–Kier alpha value is -4.11. The molecular weight excluding hydrogens is 888 g/mol. The predicted octanol–water partition coefficient (Wildman–Crippen LogP) is 5.63. The van der Waals surface area contributed by atoms with Crippen LogP contribution in [0.1, 0.15) is 50.0 Å². The zero-order chi connectivity index (χ0) is 44.4. The van der Waals surface area contributed by atoms with Gasteiger partial charge in [-0.25, -0.2) is 24.0 Å². The van der Waals surface area contributed by atoms with Crippen LogP contribution in [0, 0.1) is 11.3 Å². The molecule has 1 amide bonds. The summed E-state index contributed by atoms with van der Waals surface area (Å²) in [6, 6.07) is 17.5. The van der Waals surface area contributed by atoms with Gasteiger partial charge < -0.3 is 33.4 Å². The number of aliphatic hydroxyl groups excluding tert-OH is 1. The van der Waals surface area contributed by atoms with E-state index in [0.29, 0.717) is 16.6 Å². The first-order chi connectivity index (χ1) is 29.5. The number of imidazole rings is 1. The maximum absolute atomic E-state index is 16.5. The molecule has 2 fully saturated rings. The number of para-hydroxylation sites is 1. The number of amides is 1. The first-order valence-corrected chi connectivity index (χ1v) is 26.0. The fourth-order valence-electron chi connectivity index (χ4n) is 6.69. The molecule has 0 aliphatic carbocycles. The predicted molar refractivity (Wildman–Crippen MR) is 225 cm³/mol. The molecule has 3 aromatic heterocycles. The Morgan fingerprint density at radius 2 is 1.77 bits per heavy atom. The molecule has 0 spiro atoms. The van der Waals surface area contributed by atoms with E-state index >= 15 is 4.39 Å². The van der Waals surface area contributed by atoms with Gasteiger partial charge in [-0.2, -0.15) is 5.26 Å². The molecule has 3 N–H and O–H groups in total. The average Bonchev–Trinajstić information content (AvgIpc) is 4.01. The van der Waals surface area contributed by atoms with Crippen molar-refractivity contribution in [1.29, 1.82) is 5.26 Å². The molecule has 330 valence electrons. The summed E-state index contributed by atoms with van der Waals surface area (Å²) < 4.78 is 74.8. The van der Waals surface area contributed by atoms with Crippen LogP contribution in [0.4, 0.5) is 10.2 Å². The Balaban J connectivity index is 1.18. The second-order valence-corrected chi connectivity index (χ2v) is 24.3. The summed E-state index contributed by atoms with van der Waals surface area (Å²) >= 11 is 5.98. The third-order valence-electron chi connectivity index (χ3n) is 10.8. The van der Waals surface area contributed by atoms with Crippen LogP contribution in [0.25, 0.3) is 22.2 Å². The number of anilines is 1. The molecule has 7 rings (SSSR count). The van der Waals surface area contributed by atoms with E-state index in [0.717, 1.165) is 6.33 Å². The number of nitrogens with one attached hydrogen (secondary N) is 1. The van der Waals surface area contributed by atoms with Crippen LogP contribution in [0.15, 0.2) is 67.3 Å². The number of nitriles is 1. The third-order valence-corrected chi connectivity index (χ3v) is 18.1. The van der Waals surface area contributed by atoms with E-state index in [1.165, 1.54) is 15.6 Å². The van der Waals surface area contributed by atoms with Gasteiger partial charge in [0.25, 0.3) is 5.91 Å². The number of ether oxygens (including phenoxy) is 2. The molecule has 2 saturated heterocycles. The van der Waals surface area contributed by atoms with E-state index in [1.54, 1.807) is 54.6 Å². The summed E-state index contributed by atoms with van der Waals surface area (Å²) in [6.45, 7) is 4.84. The highest BCUT2D eigenvalue weighted by Crippen LogP contribution is 2.56. The normalized spacial score (nSPS) is 25.5. The molecule has 0 saturated carbocycles. The zero-order valence-corrected chi connectivity index (χ0v) is 37.7. The number of benzene rings is 2. The van der Waals surface area contributed by atoms with Gasteiger partial charge in [0.05, 0.1) is 44.2 Å². The van der Waals surface area contributed by atoms with Crippen molar-refractivity contribution in [3.63, 3.8) is 0 Å². The van der Waals surface area contributed by atoms with Gasteiger partial charge in [-0.3, -0.25) is 13.9 Å². The Morgan fingerprint density at radius 3 is 2.48 bits per heavy atom. The number of aromatic nitrogens is 7. The highest BCUT2D eigenvalue weighted by molar-refractivity contribution is 8.07. The number of hydrogen-bond donors (Lipinski definition) is 3. The highest BCUT2D eigenvalue weighted by atomic mass is 32.5. The van der Waals surface area contributed by atoms with Gasteiger partial charge in [0.15, 0.2) is 50.0 Å². The molecule has 2 aliphatic heterocycles. The van der Waals surface area contributed by atoms with Crippen LogP contribution in [-0.4, -0.2) is 115 Å². The summed E-state index contributed by atoms with van der Waals surface area (Å²) in [4.78, 5) is 35.5. The van der Waals surface area contributed by atoms with Crippen LogP contribution >= 0.6 is 15.0 Å². The molecule has 5 aromatic rings. The van der Waals surface area contributed by atoms with Crippen molar-refractivity contribution in [3.05, 3.63) is 72.8 Å². The van der Waals surface area contributed by atoms with Crippen molar-refractivity contribution >= 4 is 69.0 Å². The minimum absolute atomic E-state index is 0.0434. The molecule has 10 atom stereocenters. The Morgan fingerprint density at radius 1 is 1.05 bits per heavy atom. The number of halogens is 1. The van der Waals surface area contributed by atoms with E-state index in [-0.39, 0.29) is 35.0 Å². The summed E-state index contributed by atoms with van der Waals surface area (Å²) in [5.74, 6) is -0.426. The van der Waals surface area contributed by atoms with Crippen molar-refractivity contribution in [1.82, 2.24) is 34.5 Å². The van der Waals surface area contributed by atoms with E-state index in [2.05, 4.69) is 30.6 Å². The van der Waals surface area contributed by atoms with Crippen LogP contribution < -0.4 is 5.32 Å². The van der Waals surface area contributed by atoms with E-state index in [4.69, 9.17) is 43.8 Å². The number of carbonyl (C=O) groups excluding carboxylic acids is 1. The van der Waals surface area contributed by atoms with E-state index in [1.807, 2.05) is 39.9 Å². The second-order valence-electron chi connectivity index (χ2n) is 15.9. The standard InChI is InChI=1S/C37H44FN9O11P2SSi/c1-37(2,3)62(4,5)58-30-25(18-48)54-36(47-24-15-10-9-14-23(24)44-45-47)31(30)57-60(61,52-17-11-16-39)53-19-26-29(56-59(50)51)27(38)35(55-26)46-21-42-28-32(40-20-41-33(28)46)43-34(49)22-12-7-6-8-13-22/h6-10,12-15,20-21,25-27,29-31,35-36,48H,11,17-19H2,1-5H3,(H-,40,41,43,49,50,51)/p+1/t25-,26-,27-,29-,30?,31-,35-,36-,60?/m1/s1. The largest absolute Gasteiger partial charge is 0.695 e. The van der Waals surface area contributed by atoms with Crippen molar-refractivity contribution in [3.8, 4) is 6.07 Å². The minimum Gasteiger partial charge on any atom is -0.408 e. The maximum atomic E-state index is 16.5. The van der Waals surface area contributed by atoms with Gasteiger partial charge >= 0.3 is 15.0 Å². The lowest BCUT2D eigenvalue weighted by atomic mass is 10.1. The molecular formula is C37H45FN9O11P2SSi+. The molecule has 25 heteroatoms. The molecule has 3 unspecified atom stereocenters. The quantitative estimate of drug-likeness (QED) is 0.0580. The fraction of sp³-hybridized carbons (Fsp3) is 0.486. The monoisotopic (exact) mass is 932 g/mol. The number of alkyl halides is 1. The topological polar surface area (TPSA) is 249 Å². The first kappa shape index (κ1) is 45.9. The number of fused-ring (bicyclic) bond motifs is 2. The van der Waals surface area contributed by atoms with E-state index in [9.17, 15) is 24.6 Å². The van der Waals surface area contributed by atoms with Crippen molar-refractivity contribution in [2.75, 3.05) is 25.1 Å². The number of hydrogen-bond acceptors (Lipinski definition) is 17. The summed E-state index contributed by atoms with van der Waals surface area (Å²) in [5.41, 5.74) is 1.67. The minimum atomic E-state index is -4.05. The maximum Gasteiger partial charge on any atom is 0.695 e. The number of carbonyl (C=O) groups is 1. The van der Waals surface area contributed by atoms with Gasteiger partial charge in [-0.15, -0.1) is 14.5 Å². The molecule has 0 bridgehead atoms. The van der Waals surface area contributed by atoms with Gasteiger partial charge in [0.2, 0.25) is 0 Å². The lowest BCUT2D eigenvalue weighted by Gasteiger charge is -2.41. The van der Waals surface area contributed by atoms with Crippen molar-refractivity contribution in [2.45, 2.75) is 94.5 Å². The molecule has 2 aliphatic rings. The van der Waals surface area contributed by atoms with Gasteiger partial charge in [0.1, 0.15) is 36.3 Å². The lowest BCUT2D eigenvalue weighted by Crippen LogP contribution is -2.50. The van der Waals surface area contributed by atoms with Crippen LogP contribution in [0.3, 0.4) is 0 Å². The first-order valence-electron chi connectivity index (χ1n) is 19.4. The van der Waals surface area contributed by atoms with Gasteiger partial charge in [-0.05, 0) is 54.2 Å². The van der Waals surface area contributed by atoms with E-state index < -0.39 is 91.6 Å². The van der Waals surface area contributed by atoms with Crippen molar-refractivity contribution < 1.29 is 55.7 Å². The highest BCUT2D eigenvalue weighted by Gasteiger charge is 2.55. The molecule has 5 heterocycles. The summed E-state index contributed by atoms with van der Waals surface area (Å²) in [5, 5.41) is 31.1. The third kappa shape index (κ3) is 9.68. The Bertz CT molecular complexity index is 2490. The molecule has 0 radical (unpaired) electrons. The second kappa shape index (κ2) is 18.9. The van der Waals surface area contributed by atoms with Gasteiger partial charge in [0, 0.05) is 10.1 Å². The van der Waals surface area contributed by atoms with Gasteiger partial charge in [-0.1, -0.05) is 56.3 Å². The smallest absolute Gasteiger partial charge is 0.408 e. The summed E-state index contributed by atoms with van der Waals surface area (Å²) in [6.07, 6.45) is -8.63. The Labute approximate surface area is 361 Å². The molecule has 2 aromatic carbocycles. The molecule has 20 nitrogen and oxygen atoms in total. The molecule has 62 heavy (non-hydrogen) atoms. The van der Waals surface area contributed by atoms with Crippen molar-refractivity contribution in [2.24, 2.45) is 0 Å². The zero-order valence-electron chi connectivity index (χ0n) is 34.1. The summed E-state index contributed by atoms with van der Waals surface area (Å²) in [7, 11) is -5.99. The van der Waals surface area contributed by atoms with Crippen LogP contribution in [-0.2, 0) is 48.4 Å². The lowest BCUT2D eigenvalue weighted by molar-refractivity contribution is -0.0604. The number of aliphatic hydroxyl groups is 1. The SMILES string of the molecule is CC(C)(C)[Si](C)(C)OC1[C@@H](OP(=S)(OCCC#N)OC[C@H]2O[C@@H](n3cnc4c(NC(=O)c5ccccc5)ncnc43)[C@H](F)[C@@H]2O[P+](=O)O)[C@H](n2nnc3ccccc32)O[C@@H]1CO. The number of rotatable bonds is 17. The van der Waals surface area contributed by atoms with Crippen LogP contribution in [0.2, 0.25) is 18.1 Å². The average molecular weight is 933 g/mol.